The Morgan fingerprint density at radius 3 is 2.50 bits per heavy atom. The van der Waals surface area contributed by atoms with Gasteiger partial charge >= 0.3 is 0 Å². The second kappa shape index (κ2) is 6.26. The summed E-state index contributed by atoms with van der Waals surface area (Å²) < 4.78 is 1.29. The number of nitrogens with zero attached hydrogens (tertiary/aromatic N) is 3. The van der Waals surface area contributed by atoms with Crippen molar-refractivity contribution < 1.29 is 0 Å². The Bertz CT molecular complexity index is 881. The van der Waals surface area contributed by atoms with Crippen LogP contribution in [0.25, 0.3) is 10.2 Å². The van der Waals surface area contributed by atoms with Crippen molar-refractivity contribution in [2.75, 3.05) is 36.0 Å². The molecule has 3 nitrogen and oxygen atoms in total. The summed E-state index contributed by atoms with van der Waals surface area (Å²) in [5.41, 5.74) is 4.93. The molecule has 2 aromatic carbocycles. The third kappa shape index (κ3) is 2.96. The number of aromatic nitrogens is 1. The zero-order valence-corrected chi connectivity index (χ0v) is 15.5. The fraction of sp³-hybridized carbons (Fsp3) is 0.316. The summed E-state index contributed by atoms with van der Waals surface area (Å²) in [5.74, 6) is 0. The summed E-state index contributed by atoms with van der Waals surface area (Å²) in [6.45, 7) is 8.27. The molecule has 1 aliphatic heterocycles. The lowest BCUT2D eigenvalue weighted by Crippen LogP contribution is -2.46. The van der Waals surface area contributed by atoms with E-state index in [0.717, 1.165) is 41.8 Å². The largest absolute Gasteiger partial charge is 0.368 e. The van der Waals surface area contributed by atoms with Crippen molar-refractivity contribution in [3.63, 3.8) is 0 Å². The van der Waals surface area contributed by atoms with E-state index in [9.17, 15) is 0 Å². The number of hydrogen-bond donors (Lipinski definition) is 0. The van der Waals surface area contributed by atoms with Gasteiger partial charge in [0.15, 0.2) is 5.13 Å². The first-order valence-electron chi connectivity index (χ1n) is 8.23. The third-order valence-electron chi connectivity index (χ3n) is 4.54. The summed E-state index contributed by atoms with van der Waals surface area (Å²) in [6, 6.07) is 12.6. The van der Waals surface area contributed by atoms with E-state index in [0.29, 0.717) is 0 Å². The minimum Gasteiger partial charge on any atom is -0.368 e. The standard InChI is InChI=1S/C19H20ClN3S/c1-13-10-14(2)18-17(11-13)24-19(21-18)23-8-6-22(7-9-23)16-5-3-4-15(20)12-16/h3-5,10-12H,6-9H2,1-2H3. The highest BCUT2D eigenvalue weighted by atomic mass is 35.5. The Labute approximate surface area is 151 Å². The van der Waals surface area contributed by atoms with Crippen LogP contribution in [0.4, 0.5) is 10.8 Å². The SMILES string of the molecule is Cc1cc(C)c2nc(N3CCN(c4cccc(Cl)c4)CC3)sc2c1. The molecule has 24 heavy (non-hydrogen) atoms. The van der Waals surface area contributed by atoms with Crippen LogP contribution in [-0.4, -0.2) is 31.2 Å². The van der Waals surface area contributed by atoms with Gasteiger partial charge in [0.25, 0.3) is 0 Å². The molecular formula is C19H20ClN3S. The van der Waals surface area contributed by atoms with E-state index < -0.39 is 0 Å². The summed E-state index contributed by atoms with van der Waals surface area (Å²) in [7, 11) is 0. The Kier molecular flexibility index (Phi) is 4.10. The molecule has 1 aliphatic rings. The number of benzene rings is 2. The van der Waals surface area contributed by atoms with Gasteiger partial charge in [-0.3, -0.25) is 0 Å². The van der Waals surface area contributed by atoms with Gasteiger partial charge in [-0.2, -0.15) is 0 Å². The van der Waals surface area contributed by atoms with Crippen LogP contribution >= 0.6 is 22.9 Å². The van der Waals surface area contributed by atoms with E-state index in [4.69, 9.17) is 16.6 Å². The van der Waals surface area contributed by atoms with Crippen LogP contribution in [0.15, 0.2) is 36.4 Å². The fourth-order valence-corrected chi connectivity index (χ4v) is 4.70. The molecular weight excluding hydrogens is 338 g/mol. The molecule has 2 heterocycles. The fourth-order valence-electron chi connectivity index (χ4n) is 3.32. The number of halogens is 1. The van der Waals surface area contributed by atoms with Gasteiger partial charge < -0.3 is 9.80 Å². The van der Waals surface area contributed by atoms with E-state index in [1.54, 1.807) is 11.3 Å². The average Bonchev–Trinajstić information content (AvgIpc) is 2.99. The molecule has 0 saturated carbocycles. The van der Waals surface area contributed by atoms with Crippen LogP contribution in [0.5, 0.6) is 0 Å². The van der Waals surface area contributed by atoms with Crippen molar-refractivity contribution in [2.45, 2.75) is 13.8 Å². The van der Waals surface area contributed by atoms with Crippen molar-refractivity contribution in [3.05, 3.63) is 52.5 Å². The molecule has 5 heteroatoms. The van der Waals surface area contributed by atoms with E-state index in [2.05, 4.69) is 41.8 Å². The molecule has 1 fully saturated rings. The molecule has 4 rings (SSSR count). The molecule has 1 saturated heterocycles. The Balaban J connectivity index is 1.52. The minimum atomic E-state index is 0.798. The lowest BCUT2D eigenvalue weighted by molar-refractivity contribution is 0.652. The highest BCUT2D eigenvalue weighted by molar-refractivity contribution is 7.22. The van der Waals surface area contributed by atoms with Gasteiger partial charge in [0.05, 0.1) is 10.2 Å². The van der Waals surface area contributed by atoms with Crippen molar-refractivity contribution in [1.82, 2.24) is 4.98 Å². The summed E-state index contributed by atoms with van der Waals surface area (Å²) in [4.78, 5) is 9.69. The predicted octanol–water partition coefficient (Wildman–Crippen LogP) is 4.89. The van der Waals surface area contributed by atoms with E-state index in [1.165, 1.54) is 21.5 Å². The summed E-state index contributed by atoms with van der Waals surface area (Å²) in [6.07, 6.45) is 0. The van der Waals surface area contributed by atoms with Crippen LogP contribution in [0, 0.1) is 13.8 Å². The number of hydrogen-bond acceptors (Lipinski definition) is 4. The molecule has 0 spiro atoms. The lowest BCUT2D eigenvalue weighted by atomic mass is 10.1. The van der Waals surface area contributed by atoms with Crippen LogP contribution < -0.4 is 9.80 Å². The summed E-state index contributed by atoms with van der Waals surface area (Å²) in [5, 5.41) is 1.94. The van der Waals surface area contributed by atoms with Gasteiger partial charge in [0, 0.05) is 36.9 Å². The Morgan fingerprint density at radius 2 is 1.75 bits per heavy atom. The van der Waals surface area contributed by atoms with Crippen molar-refractivity contribution in [2.24, 2.45) is 0 Å². The molecule has 0 N–H and O–H groups in total. The van der Waals surface area contributed by atoms with E-state index in [1.807, 2.05) is 18.2 Å². The van der Waals surface area contributed by atoms with Gasteiger partial charge in [0.2, 0.25) is 0 Å². The maximum Gasteiger partial charge on any atom is 0.186 e. The van der Waals surface area contributed by atoms with E-state index >= 15 is 0 Å². The van der Waals surface area contributed by atoms with Crippen molar-refractivity contribution >= 4 is 44.0 Å². The number of aryl methyl sites for hydroxylation is 2. The molecule has 124 valence electrons. The first kappa shape index (κ1) is 15.7. The molecule has 0 unspecified atom stereocenters. The highest BCUT2D eigenvalue weighted by Gasteiger charge is 2.20. The maximum atomic E-state index is 6.12. The zero-order valence-electron chi connectivity index (χ0n) is 13.9. The van der Waals surface area contributed by atoms with Gasteiger partial charge in [-0.25, -0.2) is 4.98 Å². The van der Waals surface area contributed by atoms with Crippen LogP contribution in [0.3, 0.4) is 0 Å². The normalized spacial score (nSPS) is 15.3. The summed E-state index contributed by atoms with van der Waals surface area (Å²) >= 11 is 7.92. The Morgan fingerprint density at radius 1 is 1.00 bits per heavy atom. The van der Waals surface area contributed by atoms with Gasteiger partial charge in [-0.15, -0.1) is 0 Å². The van der Waals surface area contributed by atoms with Crippen LogP contribution in [0.1, 0.15) is 11.1 Å². The number of rotatable bonds is 2. The zero-order chi connectivity index (χ0) is 16.7. The number of thiazole rings is 1. The average molecular weight is 358 g/mol. The van der Waals surface area contributed by atoms with Crippen molar-refractivity contribution in [3.8, 4) is 0 Å². The number of piperazine rings is 1. The predicted molar refractivity (Wildman–Crippen MR) is 105 cm³/mol. The third-order valence-corrected chi connectivity index (χ3v) is 5.84. The maximum absolute atomic E-state index is 6.12. The van der Waals surface area contributed by atoms with Gasteiger partial charge in [0.1, 0.15) is 0 Å². The molecule has 0 amide bonds. The molecule has 0 radical (unpaired) electrons. The number of fused-ring (bicyclic) bond motifs is 1. The van der Waals surface area contributed by atoms with Crippen LogP contribution in [-0.2, 0) is 0 Å². The molecule has 0 bridgehead atoms. The smallest absolute Gasteiger partial charge is 0.186 e. The topological polar surface area (TPSA) is 19.4 Å². The first-order chi connectivity index (χ1) is 11.6. The van der Waals surface area contributed by atoms with Crippen LogP contribution in [0.2, 0.25) is 5.02 Å². The Hall–Kier alpha value is -1.78. The first-order valence-corrected chi connectivity index (χ1v) is 9.43. The monoisotopic (exact) mass is 357 g/mol. The van der Waals surface area contributed by atoms with Gasteiger partial charge in [-0.05, 0) is 49.2 Å². The lowest BCUT2D eigenvalue weighted by Gasteiger charge is -2.36. The quantitative estimate of drug-likeness (QED) is 0.650. The molecule has 1 aromatic heterocycles. The van der Waals surface area contributed by atoms with Gasteiger partial charge in [-0.1, -0.05) is 35.1 Å². The molecule has 0 aliphatic carbocycles. The number of anilines is 2. The minimum absolute atomic E-state index is 0.798. The second-order valence-corrected chi connectivity index (χ2v) is 7.82. The second-order valence-electron chi connectivity index (χ2n) is 6.38. The van der Waals surface area contributed by atoms with Crippen molar-refractivity contribution in [1.29, 1.82) is 0 Å². The van der Waals surface area contributed by atoms with E-state index in [-0.39, 0.29) is 0 Å². The molecule has 0 atom stereocenters. The highest BCUT2D eigenvalue weighted by Crippen LogP contribution is 2.32. The molecule has 3 aromatic rings.